The lowest BCUT2D eigenvalue weighted by Gasteiger charge is -2.19. The van der Waals surface area contributed by atoms with E-state index < -0.39 is 0 Å². The normalized spacial score (nSPS) is 11.9. The van der Waals surface area contributed by atoms with Gasteiger partial charge in [0, 0.05) is 16.8 Å². The Morgan fingerprint density at radius 3 is 2.25 bits per heavy atom. The van der Waals surface area contributed by atoms with Crippen molar-refractivity contribution >= 4 is 17.0 Å². The van der Waals surface area contributed by atoms with Crippen molar-refractivity contribution in [2.24, 2.45) is 0 Å². The molecule has 124 valence electrons. The minimum Gasteiger partial charge on any atom is -0.310 e. The fourth-order valence-corrected chi connectivity index (χ4v) is 3.37. The zero-order valence-corrected chi connectivity index (χ0v) is 15.5. The summed E-state index contributed by atoms with van der Waals surface area (Å²) in [5, 5.41) is 1.31. The van der Waals surface area contributed by atoms with Gasteiger partial charge in [0.25, 0.3) is 0 Å². The SMILES string of the molecule is C=Cc1c(C)c2ccc(CC)cc2n1-c1ccc(C(C)(C)C)cc1. The van der Waals surface area contributed by atoms with Gasteiger partial charge in [-0.05, 0) is 59.7 Å². The third kappa shape index (κ3) is 2.69. The van der Waals surface area contributed by atoms with Crippen molar-refractivity contribution in [2.45, 2.75) is 46.5 Å². The number of benzene rings is 2. The monoisotopic (exact) mass is 317 g/mol. The molecule has 0 aliphatic rings. The summed E-state index contributed by atoms with van der Waals surface area (Å²) in [6.45, 7) is 15.2. The number of fused-ring (bicyclic) bond motifs is 1. The molecule has 2 aromatic carbocycles. The Morgan fingerprint density at radius 1 is 1.04 bits per heavy atom. The average Bonchev–Trinajstić information content (AvgIpc) is 2.85. The molecule has 1 heterocycles. The molecule has 0 atom stereocenters. The summed E-state index contributed by atoms with van der Waals surface area (Å²) in [6, 6.07) is 15.7. The first-order valence-electron chi connectivity index (χ1n) is 8.74. The average molecular weight is 317 g/mol. The summed E-state index contributed by atoms with van der Waals surface area (Å²) >= 11 is 0. The molecule has 0 fully saturated rings. The minimum absolute atomic E-state index is 0.170. The molecule has 0 radical (unpaired) electrons. The van der Waals surface area contributed by atoms with Gasteiger partial charge in [-0.3, -0.25) is 0 Å². The topological polar surface area (TPSA) is 4.93 Å². The van der Waals surface area contributed by atoms with E-state index in [1.807, 2.05) is 6.08 Å². The van der Waals surface area contributed by atoms with Crippen LogP contribution >= 0.6 is 0 Å². The van der Waals surface area contributed by atoms with Crippen LogP contribution in [0.4, 0.5) is 0 Å². The molecule has 1 heteroatoms. The lowest BCUT2D eigenvalue weighted by Crippen LogP contribution is -2.11. The predicted octanol–water partition coefficient (Wildman–Crippen LogP) is 6.44. The maximum absolute atomic E-state index is 4.05. The molecule has 3 rings (SSSR count). The molecule has 0 bridgehead atoms. The first kappa shape index (κ1) is 16.6. The van der Waals surface area contributed by atoms with Crippen LogP contribution in [-0.4, -0.2) is 4.57 Å². The highest BCUT2D eigenvalue weighted by atomic mass is 15.0. The van der Waals surface area contributed by atoms with Crippen molar-refractivity contribution in [1.29, 1.82) is 0 Å². The number of hydrogen-bond donors (Lipinski definition) is 0. The van der Waals surface area contributed by atoms with Gasteiger partial charge in [0.2, 0.25) is 0 Å². The predicted molar refractivity (Wildman–Crippen MR) is 106 cm³/mol. The van der Waals surface area contributed by atoms with Gasteiger partial charge in [-0.1, -0.05) is 58.5 Å². The molecular weight excluding hydrogens is 290 g/mol. The van der Waals surface area contributed by atoms with Crippen molar-refractivity contribution in [3.05, 3.63) is 71.4 Å². The first-order chi connectivity index (χ1) is 11.4. The standard InChI is InChI=1S/C23H27N/c1-7-17-9-14-20-16(3)21(8-2)24(22(20)15-17)19-12-10-18(11-13-19)23(4,5)6/h8-15H,2,7H2,1,3-6H3. The van der Waals surface area contributed by atoms with Gasteiger partial charge < -0.3 is 4.57 Å². The van der Waals surface area contributed by atoms with E-state index in [0.29, 0.717) is 0 Å². The van der Waals surface area contributed by atoms with Crippen LogP contribution in [0.5, 0.6) is 0 Å². The summed E-state index contributed by atoms with van der Waals surface area (Å²) in [5.41, 5.74) is 7.83. The van der Waals surface area contributed by atoms with Crippen LogP contribution < -0.4 is 0 Å². The number of nitrogens with zero attached hydrogens (tertiary/aromatic N) is 1. The fraction of sp³-hybridized carbons (Fsp3) is 0.304. The summed E-state index contributed by atoms with van der Waals surface area (Å²) in [7, 11) is 0. The van der Waals surface area contributed by atoms with E-state index >= 15 is 0 Å². The Balaban J connectivity index is 2.26. The van der Waals surface area contributed by atoms with Crippen LogP contribution in [0.3, 0.4) is 0 Å². The van der Waals surface area contributed by atoms with E-state index in [-0.39, 0.29) is 5.41 Å². The van der Waals surface area contributed by atoms with Gasteiger partial charge in [-0.15, -0.1) is 0 Å². The summed E-state index contributed by atoms with van der Waals surface area (Å²) in [6.07, 6.45) is 3.02. The summed E-state index contributed by atoms with van der Waals surface area (Å²) in [5.74, 6) is 0. The Bertz CT molecular complexity index is 886. The van der Waals surface area contributed by atoms with Gasteiger partial charge in [0.15, 0.2) is 0 Å². The van der Waals surface area contributed by atoms with E-state index in [0.717, 1.165) is 6.42 Å². The highest BCUT2D eigenvalue weighted by Gasteiger charge is 2.16. The number of aromatic nitrogens is 1. The zero-order chi connectivity index (χ0) is 17.5. The third-order valence-electron chi connectivity index (χ3n) is 4.93. The van der Waals surface area contributed by atoms with Crippen molar-refractivity contribution < 1.29 is 0 Å². The quantitative estimate of drug-likeness (QED) is 0.523. The molecule has 0 spiro atoms. The number of rotatable bonds is 3. The molecule has 24 heavy (non-hydrogen) atoms. The largest absolute Gasteiger partial charge is 0.310 e. The summed E-state index contributed by atoms with van der Waals surface area (Å²) in [4.78, 5) is 0. The molecule has 0 saturated carbocycles. The Morgan fingerprint density at radius 2 is 1.71 bits per heavy atom. The van der Waals surface area contributed by atoms with Crippen LogP contribution in [-0.2, 0) is 11.8 Å². The number of hydrogen-bond acceptors (Lipinski definition) is 0. The molecule has 1 nitrogen and oxygen atoms in total. The lowest BCUT2D eigenvalue weighted by atomic mass is 9.87. The van der Waals surface area contributed by atoms with E-state index in [1.54, 1.807) is 0 Å². The Hall–Kier alpha value is -2.28. The third-order valence-corrected chi connectivity index (χ3v) is 4.93. The number of aryl methyl sites for hydroxylation is 2. The van der Waals surface area contributed by atoms with E-state index in [1.165, 1.54) is 39.0 Å². The van der Waals surface area contributed by atoms with Crippen LogP contribution in [0.25, 0.3) is 22.7 Å². The Kier molecular flexibility index (Phi) is 4.13. The summed E-state index contributed by atoms with van der Waals surface area (Å²) < 4.78 is 2.34. The van der Waals surface area contributed by atoms with Crippen molar-refractivity contribution in [1.82, 2.24) is 4.57 Å². The molecule has 0 aliphatic carbocycles. The zero-order valence-electron chi connectivity index (χ0n) is 15.5. The molecule has 1 aromatic heterocycles. The van der Waals surface area contributed by atoms with Gasteiger partial charge in [0.1, 0.15) is 0 Å². The van der Waals surface area contributed by atoms with Crippen LogP contribution in [0.15, 0.2) is 49.0 Å². The maximum Gasteiger partial charge on any atom is 0.0540 e. The van der Waals surface area contributed by atoms with Crippen LogP contribution in [0.1, 0.15) is 50.1 Å². The fourth-order valence-electron chi connectivity index (χ4n) is 3.37. The van der Waals surface area contributed by atoms with Crippen molar-refractivity contribution in [3.8, 4) is 5.69 Å². The lowest BCUT2D eigenvalue weighted by molar-refractivity contribution is 0.590. The highest BCUT2D eigenvalue weighted by Crippen LogP contribution is 2.32. The second-order valence-corrected chi connectivity index (χ2v) is 7.55. The van der Waals surface area contributed by atoms with Gasteiger partial charge in [-0.2, -0.15) is 0 Å². The second kappa shape index (κ2) is 5.98. The van der Waals surface area contributed by atoms with Crippen LogP contribution in [0, 0.1) is 6.92 Å². The Labute approximate surface area is 145 Å². The highest BCUT2D eigenvalue weighted by molar-refractivity contribution is 5.90. The molecule has 0 aliphatic heterocycles. The smallest absolute Gasteiger partial charge is 0.0540 e. The van der Waals surface area contributed by atoms with Gasteiger partial charge >= 0.3 is 0 Å². The maximum atomic E-state index is 4.05. The molecule has 0 amide bonds. The molecular formula is C23H27N. The minimum atomic E-state index is 0.170. The molecule has 0 unspecified atom stereocenters. The molecule has 0 N–H and O–H groups in total. The van der Waals surface area contributed by atoms with Gasteiger partial charge in [-0.25, -0.2) is 0 Å². The van der Waals surface area contributed by atoms with Gasteiger partial charge in [0.05, 0.1) is 5.52 Å². The first-order valence-corrected chi connectivity index (χ1v) is 8.74. The van der Waals surface area contributed by atoms with Crippen LogP contribution in [0.2, 0.25) is 0 Å². The molecule has 0 saturated heterocycles. The van der Waals surface area contributed by atoms with E-state index in [2.05, 4.69) is 88.2 Å². The second-order valence-electron chi connectivity index (χ2n) is 7.55. The van der Waals surface area contributed by atoms with E-state index in [4.69, 9.17) is 0 Å². The van der Waals surface area contributed by atoms with E-state index in [9.17, 15) is 0 Å². The van der Waals surface area contributed by atoms with Crippen molar-refractivity contribution in [2.75, 3.05) is 0 Å². The molecule has 3 aromatic rings. The van der Waals surface area contributed by atoms with Crippen molar-refractivity contribution in [3.63, 3.8) is 0 Å².